The molecule has 1 N–H and O–H groups in total. The van der Waals surface area contributed by atoms with Crippen LogP contribution in [0.1, 0.15) is 19.2 Å². The van der Waals surface area contributed by atoms with E-state index in [1.54, 1.807) is 11.8 Å². The topological polar surface area (TPSA) is 51.0 Å². The van der Waals surface area contributed by atoms with Crippen LogP contribution >= 0.6 is 11.8 Å². The minimum atomic E-state index is -0.716. The third-order valence-corrected chi connectivity index (χ3v) is 3.65. The summed E-state index contributed by atoms with van der Waals surface area (Å²) >= 11 is 1.78. The summed E-state index contributed by atoms with van der Waals surface area (Å²) in [4.78, 5) is 4.03. The summed E-state index contributed by atoms with van der Waals surface area (Å²) in [5.41, 5.74) is -0.285. The highest BCUT2D eigenvalue weighted by Crippen LogP contribution is 2.24. The van der Waals surface area contributed by atoms with Crippen molar-refractivity contribution in [1.29, 1.82) is 0 Å². The largest absolute Gasteiger partial charge is 0.334 e. The number of benzene rings is 1. The van der Waals surface area contributed by atoms with Crippen molar-refractivity contribution in [2.45, 2.75) is 25.9 Å². The van der Waals surface area contributed by atoms with Gasteiger partial charge < -0.3 is 9.84 Å². The van der Waals surface area contributed by atoms with Crippen LogP contribution in [0.3, 0.4) is 0 Å². The molecule has 0 aliphatic rings. The Morgan fingerprint density at radius 2 is 2.05 bits per heavy atom. The summed E-state index contributed by atoms with van der Waals surface area (Å²) in [6.45, 7) is 2.46. The normalized spacial score (nSPS) is 12.6. The zero-order chi connectivity index (χ0) is 15.2. The van der Waals surface area contributed by atoms with Crippen LogP contribution in [0.15, 0.2) is 22.7 Å². The molecule has 0 amide bonds. The number of aromatic nitrogens is 2. The maximum atomic E-state index is 13.6. The monoisotopic (exact) mass is 313 g/mol. The zero-order valence-electron chi connectivity index (χ0n) is 11.9. The summed E-state index contributed by atoms with van der Waals surface area (Å²) in [7, 11) is 0. The van der Waals surface area contributed by atoms with Crippen LogP contribution in [0.25, 0.3) is 11.5 Å². The number of hydrogen-bond acceptors (Lipinski definition) is 5. The second-order valence-electron chi connectivity index (χ2n) is 4.68. The lowest BCUT2D eigenvalue weighted by Gasteiger charge is -2.10. The molecule has 0 radical (unpaired) electrons. The number of rotatable bonds is 7. The second kappa shape index (κ2) is 7.51. The van der Waals surface area contributed by atoms with E-state index in [1.807, 2.05) is 0 Å². The molecule has 1 heterocycles. The smallest absolute Gasteiger partial charge is 0.263 e. The van der Waals surface area contributed by atoms with E-state index in [0.717, 1.165) is 24.3 Å². The molecule has 0 bridgehead atoms. The van der Waals surface area contributed by atoms with E-state index in [9.17, 15) is 8.78 Å². The Morgan fingerprint density at radius 3 is 2.71 bits per heavy atom. The molecule has 1 atom stereocenters. The zero-order valence-corrected chi connectivity index (χ0v) is 12.7. The lowest BCUT2D eigenvalue weighted by Crippen LogP contribution is -2.26. The van der Waals surface area contributed by atoms with Crippen LogP contribution in [-0.2, 0) is 6.54 Å². The standard InChI is InChI=1S/C14H17F2N3OS/c1-9(6-7-21-2)17-8-12-18-14(20-19-12)13-10(15)4-3-5-11(13)16/h3-5,9,17H,6-8H2,1-2H3. The fourth-order valence-electron chi connectivity index (χ4n) is 1.79. The van der Waals surface area contributed by atoms with E-state index in [2.05, 4.69) is 28.6 Å². The number of nitrogens with one attached hydrogen (secondary N) is 1. The Labute approximate surface area is 126 Å². The first kappa shape index (κ1) is 15.9. The predicted molar refractivity (Wildman–Crippen MR) is 79.0 cm³/mol. The molecule has 21 heavy (non-hydrogen) atoms. The summed E-state index contributed by atoms with van der Waals surface area (Å²) in [6.07, 6.45) is 3.08. The Kier molecular flexibility index (Phi) is 5.69. The minimum Gasteiger partial charge on any atom is -0.334 e. The van der Waals surface area contributed by atoms with Gasteiger partial charge in [0.2, 0.25) is 0 Å². The van der Waals surface area contributed by atoms with Crippen LogP contribution in [0.4, 0.5) is 8.78 Å². The van der Waals surface area contributed by atoms with Crippen molar-refractivity contribution < 1.29 is 13.3 Å². The van der Waals surface area contributed by atoms with Crippen molar-refractivity contribution >= 4 is 11.8 Å². The fourth-order valence-corrected chi connectivity index (χ4v) is 2.38. The third-order valence-electron chi connectivity index (χ3n) is 3.01. The van der Waals surface area contributed by atoms with Crippen LogP contribution in [0, 0.1) is 11.6 Å². The van der Waals surface area contributed by atoms with Crippen molar-refractivity contribution in [3.05, 3.63) is 35.7 Å². The first-order chi connectivity index (χ1) is 10.1. The van der Waals surface area contributed by atoms with E-state index in [4.69, 9.17) is 4.52 Å². The highest BCUT2D eigenvalue weighted by atomic mass is 32.2. The molecule has 2 rings (SSSR count). The number of nitrogens with zero attached hydrogens (tertiary/aromatic N) is 2. The van der Waals surface area contributed by atoms with Gasteiger partial charge >= 0.3 is 0 Å². The van der Waals surface area contributed by atoms with Crippen molar-refractivity contribution in [3.63, 3.8) is 0 Å². The van der Waals surface area contributed by atoms with Gasteiger partial charge in [0.25, 0.3) is 5.89 Å². The molecule has 1 aromatic heterocycles. The quantitative estimate of drug-likeness (QED) is 0.850. The van der Waals surface area contributed by atoms with Gasteiger partial charge in [-0.05, 0) is 37.5 Å². The molecule has 0 aliphatic heterocycles. The van der Waals surface area contributed by atoms with E-state index >= 15 is 0 Å². The first-order valence-corrected chi connectivity index (χ1v) is 8.00. The minimum absolute atomic E-state index is 0.140. The molecule has 1 unspecified atom stereocenters. The highest BCUT2D eigenvalue weighted by Gasteiger charge is 2.17. The molecule has 0 spiro atoms. The SMILES string of the molecule is CSCCC(C)NCc1noc(-c2c(F)cccc2F)n1. The number of hydrogen-bond donors (Lipinski definition) is 1. The molecule has 1 aromatic carbocycles. The molecular formula is C14H17F2N3OS. The van der Waals surface area contributed by atoms with Crippen LogP contribution in [0.5, 0.6) is 0 Å². The maximum Gasteiger partial charge on any atom is 0.263 e. The van der Waals surface area contributed by atoms with Crippen LogP contribution < -0.4 is 5.32 Å². The molecule has 114 valence electrons. The maximum absolute atomic E-state index is 13.6. The summed E-state index contributed by atoms with van der Waals surface area (Å²) in [5, 5.41) is 6.98. The van der Waals surface area contributed by atoms with Gasteiger partial charge in [-0.25, -0.2) is 8.78 Å². The van der Waals surface area contributed by atoms with Gasteiger partial charge in [0, 0.05) is 6.04 Å². The van der Waals surface area contributed by atoms with E-state index in [-0.39, 0.29) is 11.5 Å². The van der Waals surface area contributed by atoms with Crippen molar-refractivity contribution in [2.24, 2.45) is 0 Å². The van der Waals surface area contributed by atoms with Gasteiger partial charge in [-0.1, -0.05) is 11.2 Å². The molecule has 0 saturated heterocycles. The third kappa shape index (κ3) is 4.25. The van der Waals surface area contributed by atoms with Gasteiger partial charge in [-0.2, -0.15) is 16.7 Å². The van der Waals surface area contributed by atoms with Crippen molar-refractivity contribution in [1.82, 2.24) is 15.5 Å². The summed E-state index contributed by atoms with van der Waals surface area (Å²) in [5.74, 6) is -0.132. The highest BCUT2D eigenvalue weighted by molar-refractivity contribution is 7.98. The fraction of sp³-hybridized carbons (Fsp3) is 0.429. The molecular weight excluding hydrogens is 296 g/mol. The number of thioether (sulfide) groups is 1. The van der Waals surface area contributed by atoms with Crippen LogP contribution in [0.2, 0.25) is 0 Å². The summed E-state index contributed by atoms with van der Waals surface area (Å²) < 4.78 is 32.2. The van der Waals surface area contributed by atoms with Gasteiger partial charge in [0.1, 0.15) is 17.2 Å². The van der Waals surface area contributed by atoms with Gasteiger partial charge in [-0.3, -0.25) is 0 Å². The Balaban J connectivity index is 2.02. The first-order valence-electron chi connectivity index (χ1n) is 6.61. The summed E-state index contributed by atoms with van der Waals surface area (Å²) in [6, 6.07) is 3.92. The average molecular weight is 313 g/mol. The van der Waals surface area contributed by atoms with Gasteiger partial charge in [0.05, 0.1) is 6.54 Å². The Morgan fingerprint density at radius 1 is 1.33 bits per heavy atom. The number of halogens is 2. The van der Waals surface area contributed by atoms with E-state index < -0.39 is 11.6 Å². The molecule has 0 aliphatic carbocycles. The molecule has 0 fully saturated rings. The van der Waals surface area contributed by atoms with Gasteiger partial charge in [0.15, 0.2) is 5.82 Å². The predicted octanol–water partition coefficient (Wildman–Crippen LogP) is 3.25. The molecule has 7 heteroatoms. The van der Waals surface area contributed by atoms with Crippen molar-refractivity contribution in [2.75, 3.05) is 12.0 Å². The molecule has 4 nitrogen and oxygen atoms in total. The Bertz CT molecular complexity index is 571. The lowest BCUT2D eigenvalue weighted by atomic mass is 10.2. The second-order valence-corrected chi connectivity index (χ2v) is 5.66. The molecule has 0 saturated carbocycles. The van der Waals surface area contributed by atoms with Gasteiger partial charge in [-0.15, -0.1) is 0 Å². The molecule has 2 aromatic rings. The lowest BCUT2D eigenvalue weighted by molar-refractivity contribution is 0.411. The van der Waals surface area contributed by atoms with Crippen LogP contribution in [-0.4, -0.2) is 28.2 Å². The van der Waals surface area contributed by atoms with Crippen molar-refractivity contribution in [3.8, 4) is 11.5 Å². The van der Waals surface area contributed by atoms with E-state index in [0.29, 0.717) is 18.4 Å². The Hall–Kier alpha value is -1.47. The average Bonchev–Trinajstić information content (AvgIpc) is 2.91. The van der Waals surface area contributed by atoms with E-state index in [1.165, 1.54) is 6.07 Å².